The molecule has 5 heteroatoms. The molecule has 0 spiro atoms. The van der Waals surface area contributed by atoms with Crippen molar-refractivity contribution in [3.8, 4) is 10.6 Å². The molecular formula is C9H10N4S. The minimum atomic E-state index is 0.822. The smallest absolute Gasteiger partial charge is 0.205 e. The number of rotatable bonds is 2. The van der Waals surface area contributed by atoms with Crippen LogP contribution in [0.1, 0.15) is 5.69 Å². The summed E-state index contributed by atoms with van der Waals surface area (Å²) < 4.78 is 0. The van der Waals surface area contributed by atoms with Crippen LogP contribution in [-0.2, 0) is 0 Å². The molecule has 1 N–H and O–H groups in total. The van der Waals surface area contributed by atoms with E-state index in [1.165, 1.54) is 11.3 Å². The molecule has 0 amide bonds. The average Bonchev–Trinajstić information content (AvgIpc) is 2.67. The van der Waals surface area contributed by atoms with Gasteiger partial charge in [-0.25, -0.2) is 0 Å². The molecular weight excluding hydrogens is 196 g/mol. The van der Waals surface area contributed by atoms with E-state index in [2.05, 4.69) is 20.5 Å². The maximum Gasteiger partial charge on any atom is 0.205 e. The van der Waals surface area contributed by atoms with E-state index in [1.807, 2.05) is 26.1 Å². The Labute approximate surface area is 86.0 Å². The summed E-state index contributed by atoms with van der Waals surface area (Å²) in [7, 11) is 1.83. The van der Waals surface area contributed by atoms with Crippen LogP contribution in [0.4, 0.5) is 5.13 Å². The van der Waals surface area contributed by atoms with Crippen molar-refractivity contribution in [2.45, 2.75) is 6.92 Å². The fourth-order valence-corrected chi connectivity index (χ4v) is 1.92. The lowest BCUT2D eigenvalue weighted by atomic mass is 10.2. The number of nitrogens with one attached hydrogen (secondary N) is 1. The van der Waals surface area contributed by atoms with Crippen molar-refractivity contribution in [1.29, 1.82) is 0 Å². The van der Waals surface area contributed by atoms with Crippen molar-refractivity contribution in [2.75, 3.05) is 12.4 Å². The maximum absolute atomic E-state index is 4.21. The largest absolute Gasteiger partial charge is 0.363 e. The number of nitrogens with zero attached hydrogens (tertiary/aromatic N) is 3. The summed E-state index contributed by atoms with van der Waals surface area (Å²) in [5, 5.41) is 12.8. The van der Waals surface area contributed by atoms with Crippen LogP contribution in [-0.4, -0.2) is 22.2 Å². The number of aromatic nitrogens is 3. The van der Waals surface area contributed by atoms with Crippen LogP contribution in [0.25, 0.3) is 10.6 Å². The summed E-state index contributed by atoms with van der Waals surface area (Å²) in [6, 6.07) is 3.91. The standard InChI is InChI=1S/C9H10N4S/c1-6-7(4-3-5-11-6)8-12-13-9(10-2)14-8/h3-5H,1-2H3,(H,10,13). The molecule has 2 aromatic heterocycles. The Hall–Kier alpha value is -1.49. The first-order valence-corrected chi connectivity index (χ1v) is 5.06. The monoisotopic (exact) mass is 206 g/mol. The first-order valence-electron chi connectivity index (χ1n) is 4.24. The molecule has 0 atom stereocenters. The van der Waals surface area contributed by atoms with Gasteiger partial charge in [0, 0.05) is 24.5 Å². The predicted molar refractivity (Wildman–Crippen MR) is 57.4 cm³/mol. The summed E-state index contributed by atoms with van der Waals surface area (Å²) in [6.45, 7) is 1.97. The minimum Gasteiger partial charge on any atom is -0.363 e. The highest BCUT2D eigenvalue weighted by molar-refractivity contribution is 7.18. The topological polar surface area (TPSA) is 50.7 Å². The molecule has 0 aliphatic rings. The molecule has 0 bridgehead atoms. The fourth-order valence-electron chi connectivity index (χ4n) is 1.14. The van der Waals surface area contributed by atoms with E-state index < -0.39 is 0 Å². The summed E-state index contributed by atoms with van der Waals surface area (Å²) in [6.07, 6.45) is 1.78. The van der Waals surface area contributed by atoms with Gasteiger partial charge in [-0.1, -0.05) is 11.3 Å². The van der Waals surface area contributed by atoms with E-state index in [1.54, 1.807) is 6.20 Å². The zero-order chi connectivity index (χ0) is 9.97. The van der Waals surface area contributed by atoms with Crippen molar-refractivity contribution in [2.24, 2.45) is 0 Å². The second kappa shape index (κ2) is 3.71. The van der Waals surface area contributed by atoms with Gasteiger partial charge in [-0.3, -0.25) is 4.98 Å². The van der Waals surface area contributed by atoms with E-state index in [0.717, 1.165) is 21.4 Å². The van der Waals surface area contributed by atoms with Crippen LogP contribution in [0, 0.1) is 6.92 Å². The molecule has 0 unspecified atom stereocenters. The van der Waals surface area contributed by atoms with Gasteiger partial charge in [0.1, 0.15) is 0 Å². The number of anilines is 1. The molecule has 0 radical (unpaired) electrons. The first-order chi connectivity index (χ1) is 6.81. The van der Waals surface area contributed by atoms with Gasteiger partial charge in [-0.05, 0) is 19.1 Å². The number of pyridine rings is 1. The van der Waals surface area contributed by atoms with Crippen LogP contribution in [0.2, 0.25) is 0 Å². The van der Waals surface area contributed by atoms with Gasteiger partial charge in [0.05, 0.1) is 0 Å². The highest BCUT2D eigenvalue weighted by Crippen LogP contribution is 2.27. The summed E-state index contributed by atoms with van der Waals surface area (Å²) in [5.41, 5.74) is 2.03. The molecule has 0 saturated carbocycles. The highest BCUT2D eigenvalue weighted by Gasteiger charge is 2.07. The lowest BCUT2D eigenvalue weighted by Crippen LogP contribution is -1.85. The molecule has 2 aromatic rings. The van der Waals surface area contributed by atoms with Crippen LogP contribution < -0.4 is 5.32 Å². The summed E-state index contributed by atoms with van der Waals surface area (Å²) in [5.74, 6) is 0. The third kappa shape index (κ3) is 1.58. The van der Waals surface area contributed by atoms with Crippen LogP contribution in [0.3, 0.4) is 0 Å². The second-order valence-corrected chi connectivity index (χ2v) is 3.78. The van der Waals surface area contributed by atoms with Gasteiger partial charge in [0.15, 0.2) is 5.01 Å². The van der Waals surface area contributed by atoms with Crippen LogP contribution in [0.15, 0.2) is 18.3 Å². The molecule has 2 heterocycles. The van der Waals surface area contributed by atoms with Gasteiger partial charge in [0.25, 0.3) is 0 Å². The van der Waals surface area contributed by atoms with Crippen molar-refractivity contribution >= 4 is 16.5 Å². The van der Waals surface area contributed by atoms with Crippen molar-refractivity contribution in [3.05, 3.63) is 24.0 Å². The lowest BCUT2D eigenvalue weighted by Gasteiger charge is -1.97. The molecule has 0 saturated heterocycles. The molecule has 4 nitrogen and oxygen atoms in total. The van der Waals surface area contributed by atoms with Gasteiger partial charge >= 0.3 is 0 Å². The molecule has 0 aliphatic carbocycles. The third-order valence-corrected chi connectivity index (χ3v) is 2.85. The molecule has 72 valence electrons. The van der Waals surface area contributed by atoms with Crippen molar-refractivity contribution < 1.29 is 0 Å². The Balaban J connectivity index is 2.44. The zero-order valence-electron chi connectivity index (χ0n) is 7.98. The lowest BCUT2D eigenvalue weighted by molar-refractivity contribution is 1.08. The quantitative estimate of drug-likeness (QED) is 0.816. The number of hydrogen-bond donors (Lipinski definition) is 1. The Morgan fingerprint density at radius 2 is 2.21 bits per heavy atom. The van der Waals surface area contributed by atoms with Crippen molar-refractivity contribution in [1.82, 2.24) is 15.2 Å². The zero-order valence-corrected chi connectivity index (χ0v) is 8.80. The maximum atomic E-state index is 4.21. The van der Waals surface area contributed by atoms with Crippen molar-refractivity contribution in [3.63, 3.8) is 0 Å². The van der Waals surface area contributed by atoms with Crippen LogP contribution in [0.5, 0.6) is 0 Å². The fraction of sp³-hybridized carbons (Fsp3) is 0.222. The highest BCUT2D eigenvalue weighted by atomic mass is 32.1. The van der Waals surface area contributed by atoms with E-state index in [4.69, 9.17) is 0 Å². The van der Waals surface area contributed by atoms with E-state index >= 15 is 0 Å². The first kappa shape index (κ1) is 9.08. The third-order valence-electron chi connectivity index (χ3n) is 1.88. The number of hydrogen-bond acceptors (Lipinski definition) is 5. The Morgan fingerprint density at radius 3 is 2.86 bits per heavy atom. The molecule has 14 heavy (non-hydrogen) atoms. The van der Waals surface area contributed by atoms with Gasteiger partial charge in [-0.2, -0.15) is 0 Å². The second-order valence-electron chi connectivity index (χ2n) is 2.80. The predicted octanol–water partition coefficient (Wildman–Crippen LogP) is 1.95. The van der Waals surface area contributed by atoms with Crippen LogP contribution >= 0.6 is 11.3 Å². The normalized spacial score (nSPS) is 10.1. The van der Waals surface area contributed by atoms with E-state index in [-0.39, 0.29) is 0 Å². The van der Waals surface area contributed by atoms with Gasteiger partial charge in [0.2, 0.25) is 5.13 Å². The molecule has 2 rings (SSSR count). The molecule has 0 aliphatic heterocycles. The van der Waals surface area contributed by atoms with Gasteiger partial charge in [-0.15, -0.1) is 10.2 Å². The number of aryl methyl sites for hydroxylation is 1. The summed E-state index contributed by atoms with van der Waals surface area (Å²) in [4.78, 5) is 4.21. The Kier molecular flexibility index (Phi) is 2.41. The van der Waals surface area contributed by atoms with Gasteiger partial charge < -0.3 is 5.32 Å². The Morgan fingerprint density at radius 1 is 1.36 bits per heavy atom. The molecule has 0 fully saturated rings. The summed E-state index contributed by atoms with van der Waals surface area (Å²) >= 11 is 1.53. The molecule has 0 aromatic carbocycles. The minimum absolute atomic E-state index is 0.822. The van der Waals surface area contributed by atoms with E-state index in [9.17, 15) is 0 Å². The van der Waals surface area contributed by atoms with E-state index in [0.29, 0.717) is 0 Å². The average molecular weight is 206 g/mol. The SMILES string of the molecule is CNc1nnc(-c2cccnc2C)s1. The Bertz CT molecular complexity index is 438.